The first-order chi connectivity index (χ1) is 9.86. The fourth-order valence-corrected chi connectivity index (χ4v) is 2.29. The molecule has 0 aliphatic heterocycles. The normalized spacial score (nSPS) is 15.7. The highest BCUT2D eigenvalue weighted by atomic mass is 19.1. The van der Waals surface area contributed by atoms with E-state index in [4.69, 9.17) is 0 Å². The summed E-state index contributed by atoms with van der Waals surface area (Å²) in [6.45, 7) is 5.73. The van der Waals surface area contributed by atoms with Crippen LogP contribution in [0.4, 0.5) is 4.39 Å². The number of nitrogens with one attached hydrogen (secondary N) is 2. The van der Waals surface area contributed by atoms with Crippen molar-refractivity contribution in [2.24, 2.45) is 5.92 Å². The maximum Gasteiger partial charge on any atom is 0.253 e. The number of aliphatic hydroxyl groups is 1. The summed E-state index contributed by atoms with van der Waals surface area (Å²) < 4.78 is 13.8. The molecule has 2 aromatic rings. The molecular formula is C16H21FN2O2. The number of amides is 1. The molecule has 0 aliphatic carbocycles. The van der Waals surface area contributed by atoms with Crippen LogP contribution in [-0.2, 0) is 0 Å². The summed E-state index contributed by atoms with van der Waals surface area (Å²) >= 11 is 0. The van der Waals surface area contributed by atoms with Crippen LogP contribution in [0.1, 0.15) is 37.6 Å². The Morgan fingerprint density at radius 2 is 2.24 bits per heavy atom. The standard InChI is InChI=1S/C16H21FN2O2/c1-4-10(2)16(3,21)9-19-15(20)11-8-18-13-7-5-6-12(17)14(11)13/h5-8,10,18,21H,4,9H2,1-3H3,(H,19,20). The van der Waals surface area contributed by atoms with Crippen LogP contribution in [-0.4, -0.2) is 28.1 Å². The largest absolute Gasteiger partial charge is 0.388 e. The van der Waals surface area contributed by atoms with E-state index < -0.39 is 17.3 Å². The van der Waals surface area contributed by atoms with Crippen LogP contribution in [0.3, 0.4) is 0 Å². The van der Waals surface area contributed by atoms with Gasteiger partial charge in [0, 0.05) is 23.6 Å². The van der Waals surface area contributed by atoms with Crippen LogP contribution in [0.2, 0.25) is 0 Å². The van der Waals surface area contributed by atoms with Crippen molar-refractivity contribution < 1.29 is 14.3 Å². The molecule has 0 spiro atoms. The molecule has 2 atom stereocenters. The van der Waals surface area contributed by atoms with Crippen LogP contribution in [0.25, 0.3) is 10.9 Å². The van der Waals surface area contributed by atoms with Crippen molar-refractivity contribution in [2.75, 3.05) is 6.54 Å². The zero-order valence-electron chi connectivity index (χ0n) is 12.5. The van der Waals surface area contributed by atoms with Crippen molar-refractivity contribution in [3.8, 4) is 0 Å². The summed E-state index contributed by atoms with van der Waals surface area (Å²) in [6, 6.07) is 4.62. The van der Waals surface area contributed by atoms with E-state index in [1.54, 1.807) is 19.1 Å². The van der Waals surface area contributed by atoms with Crippen LogP contribution < -0.4 is 5.32 Å². The smallest absolute Gasteiger partial charge is 0.253 e. The minimum Gasteiger partial charge on any atom is -0.388 e. The van der Waals surface area contributed by atoms with Gasteiger partial charge in [-0.05, 0) is 25.0 Å². The van der Waals surface area contributed by atoms with E-state index in [0.29, 0.717) is 5.52 Å². The van der Waals surface area contributed by atoms with Crippen LogP contribution in [0.5, 0.6) is 0 Å². The molecule has 0 aliphatic rings. The van der Waals surface area contributed by atoms with E-state index in [9.17, 15) is 14.3 Å². The van der Waals surface area contributed by atoms with Gasteiger partial charge in [0.2, 0.25) is 0 Å². The summed E-state index contributed by atoms with van der Waals surface area (Å²) in [4.78, 5) is 15.1. The molecule has 114 valence electrons. The Balaban J connectivity index is 2.17. The SMILES string of the molecule is CCC(C)C(C)(O)CNC(=O)c1c[nH]c2cccc(F)c12. The first kappa shape index (κ1) is 15.5. The molecule has 2 rings (SSSR count). The molecule has 0 saturated carbocycles. The maximum absolute atomic E-state index is 13.8. The van der Waals surface area contributed by atoms with Gasteiger partial charge in [0.25, 0.3) is 5.91 Å². The molecule has 2 unspecified atom stereocenters. The van der Waals surface area contributed by atoms with Crippen molar-refractivity contribution in [1.29, 1.82) is 0 Å². The lowest BCUT2D eigenvalue weighted by molar-refractivity contribution is 0.00594. The number of fused-ring (bicyclic) bond motifs is 1. The second-order valence-electron chi connectivity index (χ2n) is 5.71. The Labute approximate surface area is 123 Å². The second-order valence-corrected chi connectivity index (χ2v) is 5.71. The molecule has 1 aromatic heterocycles. The number of benzene rings is 1. The third-order valence-corrected chi connectivity index (χ3v) is 4.18. The monoisotopic (exact) mass is 292 g/mol. The van der Waals surface area contributed by atoms with Crippen LogP contribution >= 0.6 is 0 Å². The molecular weight excluding hydrogens is 271 g/mol. The van der Waals surface area contributed by atoms with E-state index in [1.165, 1.54) is 12.3 Å². The maximum atomic E-state index is 13.8. The van der Waals surface area contributed by atoms with Crippen LogP contribution in [0, 0.1) is 11.7 Å². The summed E-state index contributed by atoms with van der Waals surface area (Å²) in [5, 5.41) is 13.3. The highest BCUT2D eigenvalue weighted by molar-refractivity contribution is 6.06. The highest BCUT2D eigenvalue weighted by Gasteiger charge is 2.28. The van der Waals surface area contributed by atoms with Crippen molar-refractivity contribution in [3.63, 3.8) is 0 Å². The van der Waals surface area contributed by atoms with Crippen molar-refractivity contribution in [3.05, 3.63) is 35.8 Å². The Hall–Kier alpha value is -1.88. The number of carbonyl (C=O) groups excluding carboxylic acids is 1. The zero-order chi connectivity index (χ0) is 15.6. The number of H-pyrrole nitrogens is 1. The Morgan fingerprint density at radius 3 is 2.90 bits per heavy atom. The molecule has 0 fully saturated rings. The van der Waals surface area contributed by atoms with Gasteiger partial charge < -0.3 is 15.4 Å². The van der Waals surface area contributed by atoms with Crippen molar-refractivity contribution >= 4 is 16.8 Å². The summed E-state index contributed by atoms with van der Waals surface area (Å²) in [5.74, 6) is -0.778. The highest BCUT2D eigenvalue weighted by Crippen LogP contribution is 2.22. The van der Waals surface area contributed by atoms with Crippen molar-refractivity contribution in [2.45, 2.75) is 32.8 Å². The predicted molar refractivity (Wildman–Crippen MR) is 80.7 cm³/mol. The zero-order valence-corrected chi connectivity index (χ0v) is 12.5. The molecule has 1 heterocycles. The summed E-state index contributed by atoms with van der Waals surface area (Å²) in [6.07, 6.45) is 2.30. The number of rotatable bonds is 5. The second kappa shape index (κ2) is 5.85. The third-order valence-electron chi connectivity index (χ3n) is 4.18. The average molecular weight is 292 g/mol. The molecule has 1 amide bonds. The van der Waals surface area contributed by atoms with E-state index in [2.05, 4.69) is 10.3 Å². The number of hydrogen-bond donors (Lipinski definition) is 3. The van der Waals surface area contributed by atoms with E-state index in [-0.39, 0.29) is 23.4 Å². The quantitative estimate of drug-likeness (QED) is 0.793. The van der Waals surface area contributed by atoms with E-state index in [0.717, 1.165) is 6.42 Å². The number of hydrogen-bond acceptors (Lipinski definition) is 2. The molecule has 0 radical (unpaired) electrons. The van der Waals surface area contributed by atoms with Gasteiger partial charge in [0.1, 0.15) is 5.82 Å². The lowest BCUT2D eigenvalue weighted by Crippen LogP contribution is -2.45. The summed E-state index contributed by atoms with van der Waals surface area (Å²) in [7, 11) is 0. The topological polar surface area (TPSA) is 65.1 Å². The fourth-order valence-electron chi connectivity index (χ4n) is 2.29. The molecule has 21 heavy (non-hydrogen) atoms. The first-order valence-corrected chi connectivity index (χ1v) is 7.13. The summed E-state index contributed by atoms with van der Waals surface area (Å²) in [5.41, 5.74) is -0.161. The minimum atomic E-state index is -0.991. The average Bonchev–Trinajstić information content (AvgIpc) is 2.89. The van der Waals surface area contributed by atoms with Gasteiger partial charge >= 0.3 is 0 Å². The Bertz CT molecular complexity index is 649. The van der Waals surface area contributed by atoms with Crippen molar-refractivity contribution in [1.82, 2.24) is 10.3 Å². The van der Waals surface area contributed by atoms with Crippen LogP contribution in [0.15, 0.2) is 24.4 Å². The van der Waals surface area contributed by atoms with Gasteiger partial charge in [-0.3, -0.25) is 4.79 Å². The van der Waals surface area contributed by atoms with E-state index in [1.807, 2.05) is 13.8 Å². The lowest BCUT2D eigenvalue weighted by atomic mass is 9.88. The predicted octanol–water partition coefficient (Wildman–Crippen LogP) is 2.83. The van der Waals surface area contributed by atoms with E-state index >= 15 is 0 Å². The minimum absolute atomic E-state index is 0.0532. The Kier molecular flexibility index (Phi) is 4.32. The molecule has 0 saturated heterocycles. The fraction of sp³-hybridized carbons (Fsp3) is 0.438. The van der Waals surface area contributed by atoms with Gasteiger partial charge in [0.05, 0.1) is 11.2 Å². The number of halogens is 1. The number of aromatic amines is 1. The molecule has 4 nitrogen and oxygen atoms in total. The molecule has 0 bridgehead atoms. The lowest BCUT2D eigenvalue weighted by Gasteiger charge is -2.29. The van der Waals surface area contributed by atoms with Gasteiger partial charge in [0.15, 0.2) is 0 Å². The Morgan fingerprint density at radius 1 is 1.52 bits per heavy atom. The van der Waals surface area contributed by atoms with Gasteiger partial charge in [-0.1, -0.05) is 26.3 Å². The number of carbonyl (C=O) groups is 1. The molecule has 1 aromatic carbocycles. The molecule has 5 heteroatoms. The first-order valence-electron chi connectivity index (χ1n) is 7.13. The van der Waals surface area contributed by atoms with Gasteiger partial charge in [-0.15, -0.1) is 0 Å². The molecule has 3 N–H and O–H groups in total. The number of aromatic nitrogens is 1. The third kappa shape index (κ3) is 3.08. The van der Waals surface area contributed by atoms with Gasteiger partial charge in [-0.2, -0.15) is 0 Å². The van der Waals surface area contributed by atoms with Gasteiger partial charge in [-0.25, -0.2) is 4.39 Å².